The number of H-pyrrole nitrogens is 1. The molecule has 1 aliphatic heterocycles. The molecule has 1 saturated heterocycles. The van der Waals surface area contributed by atoms with Crippen LogP contribution in [0, 0.1) is 11.6 Å². The first-order valence-corrected chi connectivity index (χ1v) is 15.5. The van der Waals surface area contributed by atoms with Crippen LogP contribution >= 0.6 is 0 Å². The van der Waals surface area contributed by atoms with E-state index in [1.54, 1.807) is 24.4 Å². The normalized spacial score (nSPS) is 17.3. The van der Waals surface area contributed by atoms with Gasteiger partial charge >= 0.3 is 0 Å². The number of nitrogens with zero attached hydrogens (tertiary/aromatic N) is 4. The number of fused-ring (bicyclic) bond motifs is 1. The molecule has 0 radical (unpaired) electrons. The van der Waals surface area contributed by atoms with Crippen molar-refractivity contribution in [2.45, 2.75) is 37.2 Å². The highest BCUT2D eigenvalue weighted by Crippen LogP contribution is 2.34. The summed E-state index contributed by atoms with van der Waals surface area (Å²) < 4.78 is 53.7. The number of aromatic amines is 1. The number of para-hydroxylation sites is 1. The lowest BCUT2D eigenvalue weighted by Gasteiger charge is -2.42. The summed E-state index contributed by atoms with van der Waals surface area (Å²) in [6, 6.07) is 9.13. The summed E-state index contributed by atoms with van der Waals surface area (Å²) in [6.45, 7) is 6.69. The van der Waals surface area contributed by atoms with E-state index in [4.69, 9.17) is 0 Å². The van der Waals surface area contributed by atoms with E-state index in [0.717, 1.165) is 38.2 Å². The monoisotopic (exact) mass is 597 g/mol. The van der Waals surface area contributed by atoms with Gasteiger partial charge in [0.25, 0.3) is 0 Å². The van der Waals surface area contributed by atoms with Crippen molar-refractivity contribution >= 4 is 44.0 Å². The van der Waals surface area contributed by atoms with Gasteiger partial charge in [-0.05, 0) is 38.6 Å². The Labute approximate surface area is 243 Å². The second kappa shape index (κ2) is 11.7. The number of carbonyl (C=O) groups is 1. The molecular formula is C29H33F2N7O3S. The number of benzene rings is 2. The van der Waals surface area contributed by atoms with E-state index < -0.39 is 26.4 Å². The van der Waals surface area contributed by atoms with Crippen LogP contribution < -0.4 is 10.6 Å². The maximum Gasteiger partial charge on any atom is 0.241 e. The summed E-state index contributed by atoms with van der Waals surface area (Å²) in [7, 11) is -1.73. The average Bonchev–Trinajstić information content (AvgIpc) is 3.37. The first-order valence-electron chi connectivity index (χ1n) is 13.6. The minimum Gasteiger partial charge on any atom is -0.359 e. The Morgan fingerprint density at radius 3 is 2.62 bits per heavy atom. The van der Waals surface area contributed by atoms with E-state index in [-0.39, 0.29) is 35.3 Å². The van der Waals surface area contributed by atoms with Crippen molar-refractivity contribution in [2.24, 2.45) is 0 Å². The Morgan fingerprint density at radius 1 is 1.17 bits per heavy atom. The van der Waals surface area contributed by atoms with E-state index >= 15 is 4.39 Å². The second-order valence-electron chi connectivity index (χ2n) is 10.6. The number of amides is 1. The van der Waals surface area contributed by atoms with Crippen LogP contribution in [0.15, 0.2) is 53.7 Å². The molecule has 0 spiro atoms. The number of aromatic nitrogens is 3. The van der Waals surface area contributed by atoms with Crippen LogP contribution in [-0.2, 0) is 14.6 Å². The SMILES string of the molecule is CCC(C(=O)Nc1cccc2c(-c3nc(Nc4cccc(S(C)(=O)=O)c4F)ncc3F)c[nH]c12)N1CCN(C)CC1C. The number of nitrogens with one attached hydrogen (secondary N) is 3. The third-order valence-corrected chi connectivity index (χ3v) is 8.67. The van der Waals surface area contributed by atoms with Gasteiger partial charge in [-0.15, -0.1) is 0 Å². The van der Waals surface area contributed by atoms with Gasteiger partial charge in [0.05, 0.1) is 29.1 Å². The van der Waals surface area contributed by atoms with Crippen molar-refractivity contribution in [3.63, 3.8) is 0 Å². The standard InChI is InChI=1S/C29H33F2N7O3S/c1-5-23(38-13-12-37(3)16-17(38)2)28(39)34-22-10-6-8-18-19(14-32-27(18)22)26-20(30)15-33-29(36-26)35-21-9-7-11-24(25(21)31)42(4,40)41/h6-11,14-15,17,23,32H,5,12-13,16H2,1-4H3,(H,34,39)(H,33,35,36). The number of likely N-dealkylation sites (N-methyl/N-ethyl adjacent to an activating group) is 1. The second-order valence-corrected chi connectivity index (χ2v) is 12.6. The van der Waals surface area contributed by atoms with Crippen LogP contribution in [0.1, 0.15) is 20.3 Å². The van der Waals surface area contributed by atoms with Crippen molar-refractivity contribution in [3.05, 3.63) is 60.4 Å². The number of anilines is 3. The first-order chi connectivity index (χ1) is 20.0. The zero-order valence-electron chi connectivity index (χ0n) is 23.8. The molecule has 0 aliphatic carbocycles. The molecule has 2 atom stereocenters. The Morgan fingerprint density at radius 2 is 1.90 bits per heavy atom. The van der Waals surface area contributed by atoms with Crippen molar-refractivity contribution < 1.29 is 22.0 Å². The summed E-state index contributed by atoms with van der Waals surface area (Å²) in [5.41, 5.74) is 1.34. The highest BCUT2D eigenvalue weighted by molar-refractivity contribution is 7.90. The van der Waals surface area contributed by atoms with E-state index in [0.29, 0.717) is 28.6 Å². The van der Waals surface area contributed by atoms with Crippen molar-refractivity contribution in [3.8, 4) is 11.3 Å². The number of sulfone groups is 1. The molecule has 0 saturated carbocycles. The lowest BCUT2D eigenvalue weighted by atomic mass is 10.1. The Hall–Kier alpha value is -3.94. The van der Waals surface area contributed by atoms with Gasteiger partial charge in [0.15, 0.2) is 21.5 Å². The zero-order valence-corrected chi connectivity index (χ0v) is 24.6. The Bertz CT molecular complexity index is 1740. The van der Waals surface area contributed by atoms with E-state index in [1.807, 2.05) is 6.92 Å². The number of rotatable bonds is 8. The predicted octanol–water partition coefficient (Wildman–Crippen LogP) is 4.40. The summed E-state index contributed by atoms with van der Waals surface area (Å²) in [6.07, 6.45) is 4.10. The molecule has 0 bridgehead atoms. The predicted molar refractivity (Wildman–Crippen MR) is 158 cm³/mol. The maximum atomic E-state index is 15.0. The van der Waals surface area contributed by atoms with Crippen LogP contribution in [0.4, 0.5) is 26.1 Å². The quantitative estimate of drug-likeness (QED) is 0.273. The lowest BCUT2D eigenvalue weighted by molar-refractivity contribution is -0.123. The number of halogens is 2. The number of carbonyl (C=O) groups excluding carboxylic acids is 1. The smallest absolute Gasteiger partial charge is 0.241 e. The molecule has 42 heavy (non-hydrogen) atoms. The largest absolute Gasteiger partial charge is 0.359 e. The summed E-state index contributed by atoms with van der Waals surface area (Å²) in [5, 5.41) is 6.32. The van der Waals surface area contributed by atoms with E-state index in [2.05, 4.69) is 49.4 Å². The molecule has 2 unspecified atom stereocenters. The molecule has 5 rings (SSSR count). The molecule has 1 fully saturated rings. The van der Waals surface area contributed by atoms with Gasteiger partial charge in [-0.2, -0.15) is 0 Å². The molecule has 222 valence electrons. The van der Waals surface area contributed by atoms with Gasteiger partial charge in [0, 0.05) is 49.1 Å². The number of hydrogen-bond donors (Lipinski definition) is 3. The molecule has 2 aromatic carbocycles. The summed E-state index contributed by atoms with van der Waals surface area (Å²) in [4.78, 5) is 28.8. The highest BCUT2D eigenvalue weighted by atomic mass is 32.2. The molecule has 10 nitrogen and oxygen atoms in total. The molecule has 13 heteroatoms. The summed E-state index contributed by atoms with van der Waals surface area (Å²) >= 11 is 0. The number of piperazine rings is 1. The van der Waals surface area contributed by atoms with Crippen molar-refractivity contribution in [1.82, 2.24) is 24.8 Å². The number of hydrogen-bond acceptors (Lipinski definition) is 8. The fraction of sp³-hybridized carbons (Fsp3) is 0.345. The minimum atomic E-state index is -3.81. The fourth-order valence-electron chi connectivity index (χ4n) is 5.49. The molecule has 4 aromatic rings. The van der Waals surface area contributed by atoms with Gasteiger partial charge < -0.3 is 20.5 Å². The van der Waals surface area contributed by atoms with Crippen LogP contribution in [0.2, 0.25) is 0 Å². The van der Waals surface area contributed by atoms with Crippen LogP contribution in [-0.4, -0.2) is 84.1 Å². The van der Waals surface area contributed by atoms with Crippen molar-refractivity contribution in [1.29, 1.82) is 0 Å². The summed E-state index contributed by atoms with van der Waals surface area (Å²) in [5.74, 6) is -1.94. The molecule has 2 aromatic heterocycles. The Balaban J connectivity index is 1.43. The van der Waals surface area contributed by atoms with Gasteiger partial charge in [0.1, 0.15) is 10.6 Å². The third-order valence-electron chi connectivity index (χ3n) is 7.55. The van der Waals surface area contributed by atoms with E-state index in [1.165, 1.54) is 12.1 Å². The average molecular weight is 598 g/mol. The third kappa shape index (κ3) is 5.85. The minimum absolute atomic E-state index is 0.0559. The van der Waals surface area contributed by atoms with Gasteiger partial charge in [-0.25, -0.2) is 27.2 Å². The lowest BCUT2D eigenvalue weighted by Crippen LogP contribution is -2.57. The molecular weight excluding hydrogens is 564 g/mol. The maximum absolute atomic E-state index is 15.0. The molecule has 3 N–H and O–H groups in total. The van der Waals surface area contributed by atoms with E-state index in [9.17, 15) is 17.6 Å². The van der Waals surface area contributed by atoms with Crippen LogP contribution in [0.25, 0.3) is 22.2 Å². The first kappa shape index (κ1) is 29.5. The molecule has 1 amide bonds. The van der Waals surface area contributed by atoms with Crippen LogP contribution in [0.5, 0.6) is 0 Å². The van der Waals surface area contributed by atoms with Crippen LogP contribution in [0.3, 0.4) is 0 Å². The topological polar surface area (TPSA) is 123 Å². The fourth-order valence-corrected chi connectivity index (χ4v) is 6.25. The van der Waals surface area contributed by atoms with Crippen molar-refractivity contribution in [2.75, 3.05) is 43.6 Å². The van der Waals surface area contributed by atoms with Gasteiger partial charge in [-0.3, -0.25) is 9.69 Å². The molecule has 3 heterocycles. The zero-order chi connectivity index (χ0) is 30.2. The molecule has 1 aliphatic rings. The van der Waals surface area contributed by atoms with Gasteiger partial charge in [0.2, 0.25) is 11.9 Å². The van der Waals surface area contributed by atoms with Gasteiger partial charge in [-0.1, -0.05) is 25.1 Å². The highest BCUT2D eigenvalue weighted by Gasteiger charge is 2.32. The Kier molecular flexibility index (Phi) is 8.26.